The highest BCUT2D eigenvalue weighted by Gasteiger charge is 2.29. The van der Waals surface area contributed by atoms with Crippen LogP contribution in [0.5, 0.6) is 17.2 Å². The quantitative estimate of drug-likeness (QED) is 0.0470. The van der Waals surface area contributed by atoms with Crippen molar-refractivity contribution >= 4 is 88.9 Å². The van der Waals surface area contributed by atoms with Crippen LogP contribution in [0.25, 0.3) is 121 Å². The minimum atomic E-state index is -0.245. The third kappa shape index (κ3) is 23.8. The molecule has 0 saturated carbocycles. The largest absolute Gasteiger partial charge is 0.496 e. The van der Waals surface area contributed by atoms with Gasteiger partial charge >= 0.3 is 5.97 Å². The molecule has 15 heteroatoms. The molecule has 0 aliphatic carbocycles. The molecule has 0 saturated heterocycles. The molecule has 17 rings (SSSR count). The number of aromatic nitrogens is 6. The number of ether oxygens (including phenoxy) is 4. The fourth-order valence-corrected chi connectivity index (χ4v) is 17.1. The third-order valence-corrected chi connectivity index (χ3v) is 24.2. The first-order valence-corrected chi connectivity index (χ1v) is 46.5. The highest BCUT2D eigenvalue weighted by atomic mass is 35.5. The predicted molar refractivity (Wildman–Crippen MR) is 559 cm³/mol. The summed E-state index contributed by atoms with van der Waals surface area (Å²) in [7, 11) is 7.40. The van der Waals surface area contributed by atoms with E-state index >= 15 is 0 Å². The summed E-state index contributed by atoms with van der Waals surface area (Å²) in [5, 5.41) is 10.8. The van der Waals surface area contributed by atoms with Gasteiger partial charge < -0.3 is 59.1 Å². The van der Waals surface area contributed by atoms with Crippen LogP contribution in [0, 0.1) is 0 Å². The van der Waals surface area contributed by atoms with E-state index in [1.54, 1.807) is 14.2 Å². The zero-order valence-corrected chi connectivity index (χ0v) is 83.3. The van der Waals surface area contributed by atoms with Crippen molar-refractivity contribution in [3.63, 3.8) is 0 Å². The number of benzene rings is 11. The lowest BCUT2D eigenvalue weighted by Crippen LogP contribution is -2.31. The van der Waals surface area contributed by atoms with Crippen LogP contribution in [0.4, 0.5) is 0 Å². The van der Waals surface area contributed by atoms with Crippen LogP contribution in [-0.2, 0) is 37.2 Å². The van der Waals surface area contributed by atoms with E-state index in [0.717, 1.165) is 73.5 Å². The van der Waals surface area contributed by atoms with Crippen LogP contribution in [-0.4, -0.2) is 101 Å². The molecule has 17 aromatic rings. The van der Waals surface area contributed by atoms with Gasteiger partial charge in [0.1, 0.15) is 17.2 Å². The number of fused-ring (bicyclic) bond motifs is 6. The molecule has 6 heterocycles. The Morgan fingerprint density at radius 1 is 0.356 bits per heavy atom. The molecule has 0 unspecified atom stereocenters. The Bertz CT molecular complexity index is 6800. The number of esters is 1. The van der Waals surface area contributed by atoms with E-state index in [0.29, 0.717) is 41.8 Å². The summed E-state index contributed by atoms with van der Waals surface area (Å²) in [5.74, 6) is 2.96. The minimum Gasteiger partial charge on any atom is -0.496 e. The van der Waals surface area contributed by atoms with Crippen LogP contribution < -0.4 is 19.5 Å². The lowest BCUT2D eigenvalue weighted by Gasteiger charge is -2.24. The van der Waals surface area contributed by atoms with Gasteiger partial charge in [0, 0.05) is 116 Å². The van der Waals surface area contributed by atoms with Gasteiger partial charge in [-0.2, -0.15) is 0 Å². The normalized spacial score (nSPS) is 11.9. The van der Waals surface area contributed by atoms with Gasteiger partial charge in [-0.3, -0.25) is 4.79 Å². The monoisotopic (exact) mass is 1790 g/mol. The summed E-state index contributed by atoms with van der Waals surface area (Å²) in [6.07, 6.45) is 11.8. The number of hydrogen-bond acceptors (Lipinski definition) is 7. The smallest absolute Gasteiger partial charge is 0.338 e. The highest BCUT2D eigenvalue weighted by molar-refractivity contribution is 6.30. The molecule has 0 radical (unpaired) electrons. The van der Waals surface area contributed by atoms with Gasteiger partial charge in [0.2, 0.25) is 0 Å². The molecule has 688 valence electrons. The van der Waals surface area contributed by atoms with Crippen LogP contribution in [0.2, 0.25) is 5.02 Å². The van der Waals surface area contributed by atoms with Crippen molar-refractivity contribution in [3.05, 3.63) is 317 Å². The van der Waals surface area contributed by atoms with Gasteiger partial charge in [-0.05, 0) is 323 Å². The van der Waals surface area contributed by atoms with Crippen molar-refractivity contribution in [2.45, 2.75) is 191 Å². The first-order chi connectivity index (χ1) is 62.4. The fraction of sp³-hybridized carbons (Fsp3) is 0.316. The third-order valence-electron chi connectivity index (χ3n) is 24.0. The van der Waals surface area contributed by atoms with Crippen LogP contribution in [0.1, 0.15) is 218 Å². The maximum absolute atomic E-state index is 12.3. The van der Waals surface area contributed by atoms with E-state index in [4.69, 9.17) is 30.5 Å². The van der Waals surface area contributed by atoms with Crippen molar-refractivity contribution in [2.75, 3.05) is 54.6 Å². The van der Waals surface area contributed by atoms with Crippen molar-refractivity contribution in [3.8, 4) is 72.9 Å². The van der Waals surface area contributed by atoms with E-state index < -0.39 is 0 Å². The highest BCUT2D eigenvalue weighted by Crippen LogP contribution is 2.46. The topological polar surface area (TPSA) is 181 Å². The molecule has 11 aromatic carbocycles. The summed E-state index contributed by atoms with van der Waals surface area (Å²) >= 11 is 6.11. The number of H-pyrrole nitrogens is 6. The maximum atomic E-state index is 12.3. The first kappa shape index (κ1) is 98.3. The molecule has 0 spiro atoms. The van der Waals surface area contributed by atoms with Crippen LogP contribution in [0.15, 0.2) is 262 Å². The molecule has 132 heavy (non-hydrogen) atoms. The van der Waals surface area contributed by atoms with Crippen LogP contribution >= 0.6 is 11.6 Å². The molecule has 0 fully saturated rings. The number of aromatic amines is 6. The standard InChI is InChI=1S/C23H29N3O.C21H25N.C20H23NO.C19H20ClNO.C19H21NO.C15H19NO2/c1-23(2,3)20-15-21-18(10-11-24-21)14-19(20)16-6-8-17(9-7-16)22(27)25-12-13-26(4)5;1-14(2)15-6-8-16(9-7-15)18-12-17-10-11-22-20(17)13-19(18)21(3,4)5;1-5-22-19-9-7-6-8-15(19)16-12-14-10-11-21-18(14)13-17(16)20(2,3)4;1-19(2,3)16-11-17-12(7-8-21-17)9-15(16)14-6-5-13(20)10-18(14)22-4;1-19(2,3)16-12-17-13(9-10-20-17)11-15(16)14-7-5-6-8-18(14)21-4;1-5-18-14(17)11-8-10-6-7-16-13(10)9-12(11)15(2,3)4/h6-11,14-15,24H,12-13H2,1-5H3,(H,25,27);6-14,22H,1-5H3;6-13,21H,5H2,1-4H3;5-11,21H,1-4H3;5-12,20H,1-4H3;6-9,16H,5H2,1-4H3. The minimum absolute atomic E-state index is 0.0247. The second-order valence-corrected chi connectivity index (χ2v) is 41.3. The van der Waals surface area contributed by atoms with E-state index in [2.05, 4.69) is 318 Å². The second kappa shape index (κ2) is 41.4. The molecule has 0 aliphatic rings. The Balaban J connectivity index is 0.000000144. The van der Waals surface area contributed by atoms with E-state index in [-0.39, 0.29) is 44.4 Å². The summed E-state index contributed by atoms with van der Waals surface area (Å²) in [6, 6.07) is 78.4. The number of likely N-dealkylation sites (N-methyl/N-ethyl adjacent to an activating group) is 1. The molecule has 14 nitrogen and oxygen atoms in total. The number of hydrogen-bond donors (Lipinski definition) is 7. The Morgan fingerprint density at radius 2 is 0.682 bits per heavy atom. The van der Waals surface area contributed by atoms with Crippen molar-refractivity contribution in [1.29, 1.82) is 0 Å². The molecule has 7 N–H and O–H groups in total. The number of nitrogens with one attached hydrogen (secondary N) is 7. The van der Waals surface area contributed by atoms with Gasteiger partial charge in [-0.25, -0.2) is 4.79 Å². The van der Waals surface area contributed by atoms with Crippen molar-refractivity contribution in [2.24, 2.45) is 0 Å². The summed E-state index contributed by atoms with van der Waals surface area (Å²) in [5.41, 5.74) is 29.6. The zero-order valence-electron chi connectivity index (χ0n) is 82.5. The number of carbonyl (C=O) groups excluding carboxylic acids is 2. The Kier molecular flexibility index (Phi) is 30.8. The molecular formula is C117H137ClN8O6. The molecule has 6 aromatic heterocycles. The fourth-order valence-electron chi connectivity index (χ4n) is 16.9. The van der Waals surface area contributed by atoms with E-state index in [1.807, 2.05) is 150 Å². The summed E-state index contributed by atoms with van der Waals surface area (Å²) < 4.78 is 22.1. The van der Waals surface area contributed by atoms with Gasteiger partial charge in [-0.1, -0.05) is 223 Å². The van der Waals surface area contributed by atoms with E-state index in [1.165, 1.54) is 110 Å². The molecule has 1 amide bonds. The number of rotatable bonds is 16. The molecule has 0 aliphatic heterocycles. The Labute approximate surface area is 787 Å². The number of carbonyl (C=O) groups is 2. The van der Waals surface area contributed by atoms with Crippen molar-refractivity contribution < 1.29 is 28.5 Å². The average molecular weight is 1790 g/mol. The number of amides is 1. The van der Waals surface area contributed by atoms with Crippen molar-refractivity contribution in [1.82, 2.24) is 40.1 Å². The molecular weight excluding hydrogens is 1650 g/mol. The van der Waals surface area contributed by atoms with Gasteiger partial charge in [0.05, 0.1) is 33.0 Å². The lowest BCUT2D eigenvalue weighted by atomic mass is 9.81. The summed E-state index contributed by atoms with van der Waals surface area (Å²) in [4.78, 5) is 46.1. The molecule has 0 atom stereocenters. The zero-order chi connectivity index (χ0) is 95.5. The van der Waals surface area contributed by atoms with Crippen LogP contribution in [0.3, 0.4) is 0 Å². The number of methoxy groups -OCH3 is 2. The maximum Gasteiger partial charge on any atom is 0.338 e. The Morgan fingerprint density at radius 3 is 1.03 bits per heavy atom. The van der Waals surface area contributed by atoms with Gasteiger partial charge in [0.15, 0.2) is 0 Å². The predicted octanol–water partition coefficient (Wildman–Crippen LogP) is 30.8. The number of nitrogens with zero attached hydrogens (tertiary/aromatic N) is 1. The van der Waals surface area contributed by atoms with Gasteiger partial charge in [-0.15, -0.1) is 0 Å². The Hall–Kier alpha value is -12.8. The number of para-hydroxylation sites is 2. The average Bonchev–Trinajstić information content (AvgIpc) is 1.50. The molecule has 0 bridgehead atoms. The second-order valence-electron chi connectivity index (χ2n) is 40.9. The van der Waals surface area contributed by atoms with E-state index in [9.17, 15) is 9.59 Å². The van der Waals surface area contributed by atoms with Gasteiger partial charge in [0.25, 0.3) is 5.91 Å². The lowest BCUT2D eigenvalue weighted by molar-refractivity contribution is 0.0523. The SMILES string of the molecule is CC(C)c1ccc(-c2cc3cc[nH]c3cc2C(C)(C)C)cc1.CCOC(=O)c1cc2cc[nH]c2cc1C(C)(C)C.CCOc1ccccc1-c1cc2cc[nH]c2cc1C(C)(C)C.CN(C)CCNC(=O)c1ccc(-c2cc3cc[nH]c3cc2C(C)(C)C)cc1.COc1cc(Cl)ccc1-c1cc2cc[nH]c2cc1C(C)(C)C.COc1ccccc1-c1cc2cc[nH]c2cc1C(C)(C)C. The number of halogens is 1. The first-order valence-electron chi connectivity index (χ1n) is 46.2. The summed E-state index contributed by atoms with van der Waals surface area (Å²) in [6.45, 7) is 50.9.